The Morgan fingerprint density at radius 3 is 2.29 bits per heavy atom. The Kier molecular flexibility index (Phi) is 6.21. The summed E-state index contributed by atoms with van der Waals surface area (Å²) in [6.07, 6.45) is 0. The number of hydrogen-bond acceptors (Lipinski definition) is 2. The number of rotatable bonds is 1. The minimum atomic E-state index is 0.958. The summed E-state index contributed by atoms with van der Waals surface area (Å²) in [6.45, 7) is 10.2. The molecule has 0 saturated heterocycles. The lowest BCUT2D eigenvalue weighted by atomic mass is 10.3. The van der Waals surface area contributed by atoms with Crippen LogP contribution < -0.4 is 5.32 Å². The molecular formula is C11H20N2S. The van der Waals surface area contributed by atoms with E-state index < -0.39 is 0 Å². The van der Waals surface area contributed by atoms with Crippen molar-refractivity contribution < 1.29 is 0 Å². The van der Waals surface area contributed by atoms with Crippen LogP contribution in [0.25, 0.3) is 0 Å². The van der Waals surface area contributed by atoms with Crippen molar-refractivity contribution in [3.05, 3.63) is 16.5 Å². The summed E-state index contributed by atoms with van der Waals surface area (Å²) in [5, 5.41) is 4.45. The highest BCUT2D eigenvalue weighted by Crippen LogP contribution is 2.26. The van der Waals surface area contributed by atoms with Crippen LogP contribution in [0.5, 0.6) is 0 Å². The summed E-state index contributed by atoms with van der Waals surface area (Å²) in [5.74, 6) is 0.958. The Morgan fingerprint density at radius 2 is 1.93 bits per heavy atom. The molecule has 0 unspecified atom stereocenters. The van der Waals surface area contributed by atoms with Gasteiger partial charge in [-0.3, -0.25) is 4.99 Å². The van der Waals surface area contributed by atoms with E-state index >= 15 is 0 Å². The second-order valence-corrected chi connectivity index (χ2v) is 4.06. The molecule has 0 aromatic carbocycles. The molecule has 1 heterocycles. The number of hydrogen-bond donors (Lipinski definition) is 1. The van der Waals surface area contributed by atoms with Crippen LogP contribution in [0.2, 0.25) is 0 Å². The van der Waals surface area contributed by atoms with Crippen molar-refractivity contribution in [1.29, 1.82) is 0 Å². The van der Waals surface area contributed by atoms with E-state index in [2.05, 4.69) is 30.2 Å². The zero-order valence-electron chi connectivity index (χ0n) is 9.93. The molecule has 0 radical (unpaired) electrons. The van der Waals surface area contributed by atoms with Gasteiger partial charge in [-0.05, 0) is 32.4 Å². The van der Waals surface area contributed by atoms with Crippen LogP contribution in [0.4, 0.5) is 5.00 Å². The summed E-state index contributed by atoms with van der Waals surface area (Å²) in [6, 6.07) is 2.18. The largest absolute Gasteiger partial charge is 0.336 e. The zero-order chi connectivity index (χ0) is 11.1. The van der Waals surface area contributed by atoms with Gasteiger partial charge in [-0.15, -0.1) is 11.3 Å². The van der Waals surface area contributed by atoms with Gasteiger partial charge in [0, 0.05) is 11.9 Å². The Labute approximate surface area is 91.1 Å². The van der Waals surface area contributed by atoms with E-state index in [-0.39, 0.29) is 0 Å². The van der Waals surface area contributed by atoms with E-state index in [0.29, 0.717) is 0 Å². The van der Waals surface area contributed by atoms with Crippen molar-refractivity contribution in [1.82, 2.24) is 0 Å². The molecule has 1 aromatic rings. The van der Waals surface area contributed by atoms with Crippen LogP contribution in [-0.4, -0.2) is 12.9 Å². The number of nitrogens with zero attached hydrogens (tertiary/aromatic N) is 1. The topological polar surface area (TPSA) is 24.4 Å². The molecule has 0 aliphatic heterocycles. The maximum Gasteiger partial charge on any atom is 0.0978 e. The molecule has 2 nitrogen and oxygen atoms in total. The highest BCUT2D eigenvalue weighted by Gasteiger charge is 2.01. The molecule has 3 heteroatoms. The fourth-order valence-electron chi connectivity index (χ4n) is 0.986. The summed E-state index contributed by atoms with van der Waals surface area (Å²) < 4.78 is 0. The van der Waals surface area contributed by atoms with Gasteiger partial charge in [0.05, 0.1) is 10.8 Å². The van der Waals surface area contributed by atoms with Crippen molar-refractivity contribution in [3.63, 3.8) is 0 Å². The third-order valence-electron chi connectivity index (χ3n) is 1.67. The Morgan fingerprint density at radius 1 is 1.36 bits per heavy atom. The quantitative estimate of drug-likeness (QED) is 0.555. The second-order valence-electron chi connectivity index (χ2n) is 2.80. The number of nitrogens with one attached hydrogen (secondary N) is 1. The lowest BCUT2D eigenvalue weighted by molar-refractivity contribution is 1.40. The molecule has 0 saturated carbocycles. The summed E-state index contributed by atoms with van der Waals surface area (Å²) in [7, 11) is 1.79. The smallest absolute Gasteiger partial charge is 0.0978 e. The highest BCUT2D eigenvalue weighted by atomic mass is 32.1. The van der Waals surface area contributed by atoms with E-state index in [0.717, 1.165) is 5.84 Å². The standard InChI is InChI=1S/C9H14N2S.C2H6/c1-6-5-7(2)12-9(6)11-8(3)10-4;1-2/h5H,1-4H3,(H,10,11);1-2H3. The molecule has 0 bridgehead atoms. The maximum atomic E-state index is 4.05. The van der Waals surface area contributed by atoms with Crippen LogP contribution in [0.1, 0.15) is 31.2 Å². The van der Waals surface area contributed by atoms with Gasteiger partial charge in [-0.2, -0.15) is 0 Å². The Hall–Kier alpha value is -0.830. The van der Waals surface area contributed by atoms with Gasteiger partial charge < -0.3 is 5.32 Å². The van der Waals surface area contributed by atoms with Crippen LogP contribution in [-0.2, 0) is 0 Å². The Bertz CT molecular complexity index is 300. The molecule has 1 rings (SSSR count). The summed E-state index contributed by atoms with van der Waals surface area (Å²) >= 11 is 1.77. The number of aliphatic imine (C=N–C) groups is 1. The van der Waals surface area contributed by atoms with Crippen molar-refractivity contribution in [2.45, 2.75) is 34.6 Å². The van der Waals surface area contributed by atoms with Crippen LogP contribution in [0.15, 0.2) is 11.1 Å². The van der Waals surface area contributed by atoms with E-state index in [4.69, 9.17) is 0 Å². The first-order valence-corrected chi connectivity index (χ1v) is 5.72. The lowest BCUT2D eigenvalue weighted by Crippen LogP contribution is -2.05. The first kappa shape index (κ1) is 13.2. The van der Waals surface area contributed by atoms with Gasteiger partial charge in [-0.25, -0.2) is 0 Å². The molecule has 1 N–H and O–H groups in total. The fraction of sp³-hybridized carbons (Fsp3) is 0.545. The van der Waals surface area contributed by atoms with Crippen LogP contribution in [0, 0.1) is 13.8 Å². The third kappa shape index (κ3) is 3.92. The Balaban J connectivity index is 0.000000791. The van der Waals surface area contributed by atoms with E-state index in [1.165, 1.54) is 15.4 Å². The number of thiophene rings is 1. The van der Waals surface area contributed by atoms with Crippen LogP contribution in [0.3, 0.4) is 0 Å². The molecular weight excluding hydrogens is 192 g/mol. The molecule has 0 spiro atoms. The summed E-state index contributed by atoms with van der Waals surface area (Å²) in [4.78, 5) is 5.38. The number of anilines is 1. The van der Waals surface area contributed by atoms with Gasteiger partial charge >= 0.3 is 0 Å². The minimum absolute atomic E-state index is 0.958. The zero-order valence-corrected chi connectivity index (χ0v) is 10.7. The normalized spacial score (nSPS) is 10.6. The first-order chi connectivity index (χ1) is 6.63. The van der Waals surface area contributed by atoms with Crippen molar-refractivity contribution in [3.8, 4) is 0 Å². The van der Waals surface area contributed by atoms with E-state index in [9.17, 15) is 0 Å². The predicted octanol–water partition coefficient (Wildman–Crippen LogP) is 3.85. The average Bonchev–Trinajstić information content (AvgIpc) is 2.48. The van der Waals surface area contributed by atoms with Crippen molar-refractivity contribution >= 4 is 22.2 Å². The predicted molar refractivity (Wildman–Crippen MR) is 67.8 cm³/mol. The molecule has 14 heavy (non-hydrogen) atoms. The van der Waals surface area contributed by atoms with E-state index in [1.807, 2.05) is 20.8 Å². The van der Waals surface area contributed by atoms with Gasteiger partial charge in [-0.1, -0.05) is 13.8 Å². The molecule has 0 aliphatic rings. The van der Waals surface area contributed by atoms with Gasteiger partial charge in [0.1, 0.15) is 0 Å². The highest BCUT2D eigenvalue weighted by molar-refractivity contribution is 7.16. The van der Waals surface area contributed by atoms with Crippen LogP contribution >= 0.6 is 11.3 Å². The van der Waals surface area contributed by atoms with Gasteiger partial charge in [0.2, 0.25) is 0 Å². The molecule has 0 amide bonds. The average molecular weight is 212 g/mol. The number of amidine groups is 1. The monoisotopic (exact) mass is 212 g/mol. The second kappa shape index (κ2) is 6.60. The molecule has 0 atom stereocenters. The fourth-order valence-corrected chi connectivity index (χ4v) is 1.96. The molecule has 0 fully saturated rings. The van der Waals surface area contributed by atoms with Crippen molar-refractivity contribution in [2.75, 3.05) is 12.4 Å². The molecule has 1 aromatic heterocycles. The molecule has 0 aliphatic carbocycles. The SMILES string of the molecule is CC.CN=C(C)Nc1sc(C)cc1C. The van der Waals surface area contributed by atoms with Crippen molar-refractivity contribution in [2.24, 2.45) is 4.99 Å². The third-order valence-corrected chi connectivity index (χ3v) is 2.74. The summed E-state index contributed by atoms with van der Waals surface area (Å²) in [5.41, 5.74) is 1.29. The maximum absolute atomic E-state index is 4.05. The minimum Gasteiger partial charge on any atom is -0.336 e. The lowest BCUT2D eigenvalue weighted by Gasteiger charge is -2.01. The first-order valence-electron chi connectivity index (χ1n) is 4.91. The number of aryl methyl sites for hydroxylation is 2. The van der Waals surface area contributed by atoms with E-state index in [1.54, 1.807) is 18.4 Å². The molecule has 80 valence electrons. The van der Waals surface area contributed by atoms with Gasteiger partial charge in [0.25, 0.3) is 0 Å². The van der Waals surface area contributed by atoms with Gasteiger partial charge in [0.15, 0.2) is 0 Å².